The van der Waals surface area contributed by atoms with Gasteiger partial charge in [0.1, 0.15) is 17.7 Å². The topological polar surface area (TPSA) is 123 Å². The van der Waals surface area contributed by atoms with E-state index in [0.29, 0.717) is 33.0 Å². The smallest absolute Gasteiger partial charge is 0.376 e. The van der Waals surface area contributed by atoms with Crippen LogP contribution in [0.3, 0.4) is 0 Å². The number of carbonyl (C=O) groups is 1. The lowest BCUT2D eigenvalue weighted by Crippen LogP contribution is -2.53. The average Bonchev–Trinajstić information content (AvgIpc) is 3.24. The number of aromatic nitrogens is 1. The quantitative estimate of drug-likeness (QED) is 0.374. The van der Waals surface area contributed by atoms with Crippen LogP contribution in [0.1, 0.15) is 30.8 Å². The molecule has 11 nitrogen and oxygen atoms in total. The van der Waals surface area contributed by atoms with Crippen molar-refractivity contribution in [1.82, 2.24) is 20.1 Å². The molecule has 0 aliphatic carbocycles. The Kier molecular flexibility index (Phi) is 8.99. The number of thioether (sulfide) groups is 1. The fourth-order valence-corrected chi connectivity index (χ4v) is 7.23. The molecular formula is C27H39N6O5S+. The lowest BCUT2D eigenvalue weighted by Gasteiger charge is -2.33. The van der Waals surface area contributed by atoms with Crippen LogP contribution in [0, 0.1) is 5.92 Å². The van der Waals surface area contributed by atoms with Crippen LogP contribution in [0.4, 0.5) is 0 Å². The second kappa shape index (κ2) is 12.4. The molecule has 4 aliphatic heterocycles. The second-order valence-electron chi connectivity index (χ2n) is 10.4. The minimum atomic E-state index is -0.873. The Bertz CT molecular complexity index is 1130. The van der Waals surface area contributed by atoms with Crippen LogP contribution < -0.4 is 5.32 Å². The summed E-state index contributed by atoms with van der Waals surface area (Å²) >= 11 is 1.56. The van der Waals surface area contributed by atoms with E-state index < -0.39 is 16.9 Å². The standard InChI is InChI=1S/C27H38N6O5S/c1-27(29-17-20-4-3-5-21(30-20)22(18-34)32-8-12-37-13-9-32)24(26(35)36)31(2)25(39-27)19-6-7-23(28-16-19)33-10-14-38-15-11-33/h3-5,7,16,19,22,24,29,34H,6,8-15,17-18H2,1-2H3/p+1. The summed E-state index contributed by atoms with van der Waals surface area (Å²) in [5, 5.41) is 24.8. The number of aliphatic hydroxyl groups is 1. The second-order valence-corrected chi connectivity index (χ2v) is 11.9. The van der Waals surface area contributed by atoms with Gasteiger partial charge in [-0.25, -0.2) is 14.4 Å². The van der Waals surface area contributed by atoms with Crippen LogP contribution in [-0.2, 0) is 20.8 Å². The number of likely N-dealkylation sites (N-methyl/N-ethyl adjacent to an activating group) is 1. The summed E-state index contributed by atoms with van der Waals surface area (Å²) in [7, 11) is 1.86. The number of aliphatic hydroxyl groups excluding tert-OH is 1. The largest absolute Gasteiger partial charge is 0.476 e. The molecule has 0 bridgehead atoms. The van der Waals surface area contributed by atoms with Crippen LogP contribution >= 0.6 is 11.8 Å². The van der Waals surface area contributed by atoms with E-state index in [9.17, 15) is 15.0 Å². The zero-order chi connectivity index (χ0) is 27.4. The van der Waals surface area contributed by atoms with Crippen molar-refractivity contribution in [3.63, 3.8) is 0 Å². The monoisotopic (exact) mass is 559 g/mol. The summed E-state index contributed by atoms with van der Waals surface area (Å²) in [5.74, 6) is 0.123. The highest BCUT2D eigenvalue weighted by atomic mass is 32.2. The van der Waals surface area contributed by atoms with Gasteiger partial charge in [-0.1, -0.05) is 6.07 Å². The number of pyridine rings is 1. The fourth-order valence-electron chi connectivity index (χ4n) is 5.73. The van der Waals surface area contributed by atoms with Crippen LogP contribution in [-0.4, -0.2) is 124 Å². The van der Waals surface area contributed by atoms with E-state index in [1.165, 1.54) is 0 Å². The zero-order valence-corrected chi connectivity index (χ0v) is 23.5. The van der Waals surface area contributed by atoms with Gasteiger partial charge in [-0.15, -0.1) is 0 Å². The van der Waals surface area contributed by atoms with E-state index in [0.717, 1.165) is 54.9 Å². The molecule has 4 atom stereocenters. The zero-order valence-electron chi connectivity index (χ0n) is 22.7. The molecule has 4 aliphatic rings. The number of rotatable bonds is 9. The molecule has 0 spiro atoms. The van der Waals surface area contributed by atoms with Gasteiger partial charge in [0.05, 0.1) is 56.4 Å². The summed E-state index contributed by atoms with van der Waals surface area (Å²) in [6, 6.07) is 4.87. The summed E-state index contributed by atoms with van der Waals surface area (Å²) < 4.78 is 12.8. The lowest BCUT2D eigenvalue weighted by atomic mass is 10.0. The van der Waals surface area contributed by atoms with Crippen LogP contribution in [0.15, 0.2) is 35.1 Å². The summed E-state index contributed by atoms with van der Waals surface area (Å²) in [6.45, 7) is 8.22. The highest BCUT2D eigenvalue weighted by Gasteiger charge is 2.56. The first-order valence-corrected chi connectivity index (χ1v) is 14.4. The van der Waals surface area contributed by atoms with Gasteiger partial charge in [-0.2, -0.15) is 0 Å². The highest BCUT2D eigenvalue weighted by Crippen LogP contribution is 2.39. The Morgan fingerprint density at radius 1 is 1.23 bits per heavy atom. The van der Waals surface area contributed by atoms with Gasteiger partial charge in [0.2, 0.25) is 5.04 Å². The van der Waals surface area contributed by atoms with Gasteiger partial charge < -0.3 is 24.6 Å². The first-order chi connectivity index (χ1) is 18.9. The Hall–Kier alpha value is -2.35. The molecule has 5 heterocycles. The SMILES string of the molecule is C[N+]1=C(C2C=NC(N3CCOCC3)=CC2)SC(C)(NCc2cccc(C(CO)N3CCOCC3)n2)C1C(=O)O. The number of allylic oxidation sites excluding steroid dienone is 1. The molecule has 0 saturated carbocycles. The molecule has 4 unspecified atom stereocenters. The highest BCUT2D eigenvalue weighted by molar-refractivity contribution is 8.15. The molecule has 0 amide bonds. The first-order valence-electron chi connectivity index (χ1n) is 13.6. The number of ether oxygens (including phenoxy) is 2. The number of aliphatic imine (C=N–C) groups is 1. The number of carboxylic acids is 1. The Morgan fingerprint density at radius 3 is 2.59 bits per heavy atom. The summed E-state index contributed by atoms with van der Waals surface area (Å²) in [4.78, 5) is 25.7. The molecule has 12 heteroatoms. The number of nitrogens with zero attached hydrogens (tertiary/aromatic N) is 5. The van der Waals surface area contributed by atoms with Crippen molar-refractivity contribution >= 4 is 29.0 Å². The number of hydrogen-bond acceptors (Lipinski definition) is 10. The third kappa shape index (κ3) is 6.21. The van der Waals surface area contributed by atoms with Gasteiger partial charge in [-0.05, 0) is 43.3 Å². The van der Waals surface area contributed by atoms with Crippen molar-refractivity contribution in [3.8, 4) is 0 Å². The van der Waals surface area contributed by atoms with Gasteiger partial charge in [-0.3, -0.25) is 15.2 Å². The molecule has 1 aromatic rings. The van der Waals surface area contributed by atoms with Gasteiger partial charge in [0.15, 0.2) is 0 Å². The van der Waals surface area contributed by atoms with Crippen LogP contribution in [0.2, 0.25) is 0 Å². The van der Waals surface area contributed by atoms with Crippen LogP contribution in [0.25, 0.3) is 0 Å². The van der Waals surface area contributed by atoms with Crippen molar-refractivity contribution in [2.24, 2.45) is 10.9 Å². The van der Waals surface area contributed by atoms with Crippen molar-refractivity contribution < 1.29 is 29.1 Å². The molecule has 5 rings (SSSR count). The van der Waals surface area contributed by atoms with E-state index in [1.54, 1.807) is 11.8 Å². The Morgan fingerprint density at radius 2 is 1.95 bits per heavy atom. The minimum Gasteiger partial charge on any atom is -0.476 e. The third-order valence-electron chi connectivity index (χ3n) is 7.85. The van der Waals surface area contributed by atoms with Crippen molar-refractivity contribution in [3.05, 3.63) is 41.5 Å². The molecule has 0 radical (unpaired) electrons. The average molecular weight is 560 g/mol. The van der Waals surface area contributed by atoms with Crippen molar-refractivity contribution in [2.75, 3.05) is 66.3 Å². The van der Waals surface area contributed by atoms with Gasteiger partial charge >= 0.3 is 5.97 Å². The number of aliphatic carboxylic acids is 1. The predicted molar refractivity (Wildman–Crippen MR) is 149 cm³/mol. The molecule has 3 N–H and O–H groups in total. The maximum absolute atomic E-state index is 12.5. The Balaban J connectivity index is 1.26. The molecule has 1 aromatic heterocycles. The van der Waals surface area contributed by atoms with E-state index in [2.05, 4.69) is 21.2 Å². The maximum Gasteiger partial charge on any atom is 0.376 e. The molecule has 212 valence electrons. The van der Waals surface area contributed by atoms with E-state index >= 15 is 0 Å². The molecule has 2 saturated heterocycles. The first kappa shape index (κ1) is 28.2. The van der Waals surface area contributed by atoms with Gasteiger partial charge in [0, 0.05) is 38.9 Å². The van der Waals surface area contributed by atoms with E-state index in [4.69, 9.17) is 19.5 Å². The summed E-state index contributed by atoms with van der Waals surface area (Å²) in [6.07, 6.45) is 4.89. The minimum absolute atomic E-state index is 0.0215. The molecule has 39 heavy (non-hydrogen) atoms. The molecule has 0 aromatic carbocycles. The summed E-state index contributed by atoms with van der Waals surface area (Å²) in [5.41, 5.74) is 1.61. The van der Waals surface area contributed by atoms with Crippen molar-refractivity contribution in [1.29, 1.82) is 0 Å². The number of nitrogens with one attached hydrogen (secondary N) is 1. The number of hydrogen-bond donors (Lipinski definition) is 3. The predicted octanol–water partition coefficient (Wildman–Crippen LogP) is 0.758. The maximum atomic E-state index is 12.5. The van der Waals surface area contributed by atoms with E-state index in [-0.39, 0.29) is 18.6 Å². The van der Waals surface area contributed by atoms with Crippen LogP contribution in [0.5, 0.6) is 0 Å². The molecular weight excluding hydrogens is 520 g/mol. The normalized spacial score (nSPS) is 29.0. The number of carboxylic acid groups (broad SMARTS) is 1. The van der Waals surface area contributed by atoms with Gasteiger partial charge in [0.25, 0.3) is 6.04 Å². The third-order valence-corrected chi connectivity index (χ3v) is 9.44. The lowest BCUT2D eigenvalue weighted by molar-refractivity contribution is -0.527. The number of morpholine rings is 2. The fraction of sp³-hybridized carbons (Fsp3) is 0.630. The van der Waals surface area contributed by atoms with Crippen molar-refractivity contribution in [2.45, 2.75) is 36.8 Å². The Labute approximate surface area is 233 Å². The van der Waals surface area contributed by atoms with E-state index in [1.807, 2.05) is 43.0 Å². The molecule has 2 fully saturated rings.